The monoisotopic (exact) mass is 236 g/mol. The minimum absolute atomic E-state index is 1.19. The summed E-state index contributed by atoms with van der Waals surface area (Å²) in [6, 6.07) is 19.3. The van der Waals surface area contributed by atoms with Crippen LogP contribution in [0.25, 0.3) is 12.2 Å². The zero-order chi connectivity index (χ0) is 12.6. The zero-order valence-electron chi connectivity index (χ0n) is 11.0. The van der Waals surface area contributed by atoms with Crippen LogP contribution in [0.1, 0.15) is 36.5 Å². The maximum absolute atomic E-state index is 2.24. The Morgan fingerprint density at radius 1 is 0.778 bits per heavy atom. The van der Waals surface area contributed by atoms with E-state index in [9.17, 15) is 0 Å². The Morgan fingerprint density at radius 3 is 2.00 bits per heavy atom. The van der Waals surface area contributed by atoms with E-state index in [4.69, 9.17) is 0 Å². The van der Waals surface area contributed by atoms with Gasteiger partial charge in [-0.1, -0.05) is 80.1 Å². The largest absolute Gasteiger partial charge is 0.0654 e. The third kappa shape index (κ3) is 3.89. The van der Waals surface area contributed by atoms with Crippen LogP contribution in [-0.4, -0.2) is 0 Å². The molecule has 0 radical (unpaired) electrons. The van der Waals surface area contributed by atoms with Gasteiger partial charge in [-0.15, -0.1) is 0 Å². The van der Waals surface area contributed by atoms with Crippen LogP contribution >= 0.6 is 0 Å². The van der Waals surface area contributed by atoms with E-state index in [1.54, 1.807) is 0 Å². The fraction of sp³-hybridized carbons (Fsp3) is 0.222. The van der Waals surface area contributed by atoms with E-state index in [1.807, 2.05) is 6.07 Å². The fourth-order valence-corrected chi connectivity index (χ4v) is 1.93. The minimum Gasteiger partial charge on any atom is -0.0654 e. The predicted octanol–water partition coefficient (Wildman–Crippen LogP) is 5.20. The highest BCUT2D eigenvalue weighted by molar-refractivity contribution is 5.69. The summed E-state index contributed by atoms with van der Waals surface area (Å²) in [5.74, 6) is 0. The summed E-state index contributed by atoms with van der Waals surface area (Å²) < 4.78 is 0. The molecule has 0 saturated heterocycles. The molecule has 18 heavy (non-hydrogen) atoms. The van der Waals surface area contributed by atoms with E-state index >= 15 is 0 Å². The van der Waals surface area contributed by atoms with Crippen LogP contribution in [0.3, 0.4) is 0 Å². The SMILES string of the molecule is CCCCc1ccc(/C=C\c2ccccc2)cc1. The quantitative estimate of drug-likeness (QED) is 0.626. The van der Waals surface area contributed by atoms with E-state index in [1.165, 1.54) is 36.0 Å². The fourth-order valence-electron chi connectivity index (χ4n) is 1.93. The molecule has 0 amide bonds. The number of hydrogen-bond acceptors (Lipinski definition) is 0. The summed E-state index contributed by atoms with van der Waals surface area (Å²) in [4.78, 5) is 0. The predicted molar refractivity (Wildman–Crippen MR) is 80.4 cm³/mol. The lowest BCUT2D eigenvalue weighted by Gasteiger charge is -2.00. The molecule has 0 N–H and O–H groups in total. The zero-order valence-corrected chi connectivity index (χ0v) is 11.0. The summed E-state index contributed by atoms with van der Waals surface area (Å²) in [6.45, 7) is 2.23. The Bertz CT molecular complexity index is 477. The van der Waals surface area contributed by atoms with Gasteiger partial charge in [0, 0.05) is 0 Å². The molecule has 0 atom stereocenters. The first kappa shape index (κ1) is 12.6. The first-order valence-electron chi connectivity index (χ1n) is 6.70. The number of rotatable bonds is 5. The summed E-state index contributed by atoms with van der Waals surface area (Å²) in [6.07, 6.45) is 8.05. The summed E-state index contributed by atoms with van der Waals surface area (Å²) in [5, 5.41) is 0. The van der Waals surface area contributed by atoms with Gasteiger partial charge in [0.2, 0.25) is 0 Å². The van der Waals surface area contributed by atoms with E-state index < -0.39 is 0 Å². The van der Waals surface area contributed by atoms with Crippen molar-refractivity contribution >= 4 is 12.2 Å². The van der Waals surface area contributed by atoms with Crippen molar-refractivity contribution < 1.29 is 0 Å². The lowest BCUT2D eigenvalue weighted by molar-refractivity contribution is 0.795. The summed E-state index contributed by atoms with van der Waals surface area (Å²) in [7, 11) is 0. The smallest absolute Gasteiger partial charge is 0.0256 e. The van der Waals surface area contributed by atoms with Crippen molar-refractivity contribution in [3.05, 3.63) is 71.3 Å². The van der Waals surface area contributed by atoms with Crippen LogP contribution in [0, 0.1) is 0 Å². The van der Waals surface area contributed by atoms with Gasteiger partial charge in [0.05, 0.1) is 0 Å². The van der Waals surface area contributed by atoms with Crippen LogP contribution in [-0.2, 0) is 6.42 Å². The molecule has 0 fully saturated rings. The Hall–Kier alpha value is -1.82. The molecule has 0 saturated carbocycles. The molecule has 0 aliphatic rings. The highest BCUT2D eigenvalue weighted by atomic mass is 14.0. The van der Waals surface area contributed by atoms with Crippen molar-refractivity contribution in [2.45, 2.75) is 26.2 Å². The van der Waals surface area contributed by atoms with Crippen LogP contribution in [0.2, 0.25) is 0 Å². The molecule has 0 nitrogen and oxygen atoms in total. The van der Waals surface area contributed by atoms with Crippen molar-refractivity contribution in [1.82, 2.24) is 0 Å². The molecule has 0 bridgehead atoms. The van der Waals surface area contributed by atoms with Gasteiger partial charge in [-0.2, -0.15) is 0 Å². The molecule has 0 aromatic heterocycles. The van der Waals surface area contributed by atoms with Crippen molar-refractivity contribution in [3.63, 3.8) is 0 Å². The third-order valence-electron chi connectivity index (χ3n) is 3.07. The first-order chi connectivity index (χ1) is 8.88. The van der Waals surface area contributed by atoms with Crippen LogP contribution in [0.5, 0.6) is 0 Å². The average Bonchev–Trinajstić information content (AvgIpc) is 2.45. The topological polar surface area (TPSA) is 0 Å². The lowest BCUT2D eigenvalue weighted by Crippen LogP contribution is -1.84. The molecule has 0 spiro atoms. The molecule has 0 heterocycles. The van der Waals surface area contributed by atoms with E-state index in [-0.39, 0.29) is 0 Å². The molecule has 2 aromatic carbocycles. The van der Waals surface area contributed by atoms with E-state index in [2.05, 4.69) is 67.6 Å². The highest BCUT2D eigenvalue weighted by Crippen LogP contribution is 2.11. The molecule has 92 valence electrons. The van der Waals surface area contributed by atoms with Crippen molar-refractivity contribution in [1.29, 1.82) is 0 Å². The molecule has 0 unspecified atom stereocenters. The molecule has 0 aliphatic heterocycles. The molecule has 2 rings (SSSR count). The Kier molecular flexibility index (Phi) is 4.78. The lowest BCUT2D eigenvalue weighted by atomic mass is 10.1. The molecule has 0 aliphatic carbocycles. The molecule has 0 heteroatoms. The third-order valence-corrected chi connectivity index (χ3v) is 3.07. The normalized spacial score (nSPS) is 10.9. The van der Waals surface area contributed by atoms with Gasteiger partial charge in [0.25, 0.3) is 0 Å². The number of benzene rings is 2. The second-order valence-corrected chi connectivity index (χ2v) is 4.59. The van der Waals surface area contributed by atoms with E-state index in [0.29, 0.717) is 0 Å². The Labute approximate surface area is 110 Å². The Balaban J connectivity index is 2.00. The second kappa shape index (κ2) is 6.80. The van der Waals surface area contributed by atoms with Gasteiger partial charge in [-0.05, 0) is 29.5 Å². The van der Waals surface area contributed by atoms with Crippen molar-refractivity contribution in [3.8, 4) is 0 Å². The van der Waals surface area contributed by atoms with Gasteiger partial charge in [0.1, 0.15) is 0 Å². The van der Waals surface area contributed by atoms with Gasteiger partial charge in [-0.3, -0.25) is 0 Å². The number of hydrogen-bond donors (Lipinski definition) is 0. The van der Waals surface area contributed by atoms with Crippen LogP contribution < -0.4 is 0 Å². The van der Waals surface area contributed by atoms with Gasteiger partial charge >= 0.3 is 0 Å². The summed E-state index contributed by atoms with van der Waals surface area (Å²) in [5.41, 5.74) is 3.94. The number of aryl methyl sites for hydroxylation is 1. The number of unbranched alkanes of at least 4 members (excludes halogenated alkanes) is 1. The van der Waals surface area contributed by atoms with E-state index in [0.717, 1.165) is 0 Å². The highest BCUT2D eigenvalue weighted by Gasteiger charge is 1.92. The molecular weight excluding hydrogens is 216 g/mol. The minimum atomic E-state index is 1.19. The first-order valence-corrected chi connectivity index (χ1v) is 6.70. The Morgan fingerprint density at radius 2 is 1.39 bits per heavy atom. The average molecular weight is 236 g/mol. The van der Waals surface area contributed by atoms with Crippen molar-refractivity contribution in [2.75, 3.05) is 0 Å². The second-order valence-electron chi connectivity index (χ2n) is 4.59. The van der Waals surface area contributed by atoms with Crippen LogP contribution in [0.4, 0.5) is 0 Å². The van der Waals surface area contributed by atoms with Gasteiger partial charge < -0.3 is 0 Å². The van der Waals surface area contributed by atoms with Crippen molar-refractivity contribution in [2.24, 2.45) is 0 Å². The van der Waals surface area contributed by atoms with Gasteiger partial charge in [-0.25, -0.2) is 0 Å². The molecule has 2 aromatic rings. The maximum atomic E-state index is 2.24. The maximum Gasteiger partial charge on any atom is -0.0256 e. The molecular formula is C18H20. The van der Waals surface area contributed by atoms with Gasteiger partial charge in [0.15, 0.2) is 0 Å². The summed E-state index contributed by atoms with van der Waals surface area (Å²) >= 11 is 0. The standard InChI is InChI=1S/C18H20/c1-2-3-7-17-11-14-18(15-12-17)13-10-16-8-5-4-6-9-16/h4-6,8-15H,2-3,7H2,1H3/b13-10-. The van der Waals surface area contributed by atoms with Crippen LogP contribution in [0.15, 0.2) is 54.6 Å².